The normalized spacial score (nSPS) is 15.6. The van der Waals surface area contributed by atoms with Gasteiger partial charge in [-0.05, 0) is 42.5 Å². The van der Waals surface area contributed by atoms with E-state index < -0.39 is 0 Å². The van der Waals surface area contributed by atoms with Gasteiger partial charge in [0, 0.05) is 41.8 Å². The highest BCUT2D eigenvalue weighted by Gasteiger charge is 2.21. The van der Waals surface area contributed by atoms with Crippen molar-refractivity contribution in [3.8, 4) is 5.75 Å². The number of amides is 1. The standard InChI is InChI=1S/C19H22N2O2S/c1-23-17-5-2-4-16(14-17)20-15-9-11-21(12-10-15)19(22)8-7-18-6-3-13-24-18/h2-8,13-15,20H,9-12H2,1H3/b8-7+. The predicted molar refractivity (Wildman–Crippen MR) is 99.6 cm³/mol. The summed E-state index contributed by atoms with van der Waals surface area (Å²) in [5.41, 5.74) is 1.07. The smallest absolute Gasteiger partial charge is 0.246 e. The van der Waals surface area contributed by atoms with E-state index in [1.807, 2.05) is 52.8 Å². The molecule has 0 aliphatic carbocycles. The summed E-state index contributed by atoms with van der Waals surface area (Å²) in [4.78, 5) is 15.3. The van der Waals surface area contributed by atoms with Crippen LogP contribution >= 0.6 is 11.3 Å². The zero-order valence-corrected chi connectivity index (χ0v) is 14.6. The van der Waals surface area contributed by atoms with Crippen LogP contribution in [0.25, 0.3) is 6.08 Å². The largest absolute Gasteiger partial charge is 0.497 e. The SMILES string of the molecule is COc1cccc(NC2CCN(C(=O)/C=C/c3cccs3)CC2)c1. The average molecular weight is 342 g/mol. The van der Waals surface area contributed by atoms with Crippen molar-refractivity contribution in [1.82, 2.24) is 4.90 Å². The fourth-order valence-corrected chi connectivity index (χ4v) is 3.46. The van der Waals surface area contributed by atoms with E-state index in [9.17, 15) is 4.79 Å². The van der Waals surface area contributed by atoms with Crippen LogP contribution in [-0.2, 0) is 4.79 Å². The van der Waals surface area contributed by atoms with Gasteiger partial charge < -0.3 is 15.0 Å². The first kappa shape index (κ1) is 16.6. The molecule has 126 valence electrons. The molecular weight excluding hydrogens is 320 g/mol. The van der Waals surface area contributed by atoms with E-state index in [1.54, 1.807) is 24.5 Å². The number of methoxy groups -OCH3 is 1. The molecular formula is C19H22N2O2S. The van der Waals surface area contributed by atoms with Gasteiger partial charge in [0.15, 0.2) is 0 Å². The summed E-state index contributed by atoms with van der Waals surface area (Å²) in [7, 11) is 1.67. The lowest BCUT2D eigenvalue weighted by molar-refractivity contribution is -0.126. The molecule has 1 aromatic heterocycles. The molecule has 24 heavy (non-hydrogen) atoms. The van der Waals surface area contributed by atoms with Crippen LogP contribution in [0.5, 0.6) is 5.75 Å². The number of carbonyl (C=O) groups excluding carboxylic acids is 1. The molecule has 1 aliphatic heterocycles. The van der Waals surface area contributed by atoms with Crippen LogP contribution in [-0.4, -0.2) is 37.0 Å². The minimum atomic E-state index is 0.100. The Kier molecular flexibility index (Phi) is 5.54. The number of likely N-dealkylation sites (tertiary alicyclic amines) is 1. The maximum absolute atomic E-state index is 12.2. The molecule has 1 saturated heterocycles. The molecule has 1 aromatic carbocycles. The lowest BCUT2D eigenvalue weighted by Gasteiger charge is -2.32. The minimum absolute atomic E-state index is 0.100. The first-order valence-electron chi connectivity index (χ1n) is 8.15. The highest BCUT2D eigenvalue weighted by atomic mass is 32.1. The van der Waals surface area contributed by atoms with Crippen LogP contribution in [0.3, 0.4) is 0 Å². The number of hydrogen-bond donors (Lipinski definition) is 1. The van der Waals surface area contributed by atoms with Crippen LogP contribution in [0.2, 0.25) is 0 Å². The van der Waals surface area contributed by atoms with E-state index in [1.165, 1.54) is 0 Å². The van der Waals surface area contributed by atoms with Crippen molar-refractivity contribution in [2.24, 2.45) is 0 Å². The highest BCUT2D eigenvalue weighted by molar-refractivity contribution is 7.10. The van der Waals surface area contributed by atoms with Crippen molar-refractivity contribution >= 4 is 29.0 Å². The molecule has 3 rings (SSSR count). The highest BCUT2D eigenvalue weighted by Crippen LogP contribution is 2.21. The van der Waals surface area contributed by atoms with E-state index in [4.69, 9.17) is 4.74 Å². The number of anilines is 1. The summed E-state index contributed by atoms with van der Waals surface area (Å²) in [6.45, 7) is 1.57. The second kappa shape index (κ2) is 8.02. The molecule has 0 saturated carbocycles. The Labute approximate surface area is 146 Å². The van der Waals surface area contributed by atoms with Gasteiger partial charge in [-0.15, -0.1) is 11.3 Å². The fraction of sp³-hybridized carbons (Fsp3) is 0.316. The number of nitrogens with one attached hydrogen (secondary N) is 1. The Morgan fingerprint density at radius 2 is 2.12 bits per heavy atom. The van der Waals surface area contributed by atoms with Gasteiger partial charge in [-0.1, -0.05) is 12.1 Å². The Morgan fingerprint density at radius 1 is 1.29 bits per heavy atom. The van der Waals surface area contributed by atoms with E-state index in [0.29, 0.717) is 6.04 Å². The van der Waals surface area contributed by atoms with Gasteiger partial charge in [0.2, 0.25) is 5.91 Å². The first-order chi connectivity index (χ1) is 11.7. The summed E-state index contributed by atoms with van der Waals surface area (Å²) in [6.07, 6.45) is 5.49. The third-order valence-corrected chi connectivity index (χ3v) is 5.02. The molecule has 0 atom stereocenters. The third kappa shape index (κ3) is 4.38. The van der Waals surface area contributed by atoms with Crippen LogP contribution in [0.4, 0.5) is 5.69 Å². The molecule has 1 amide bonds. The predicted octanol–water partition coefficient (Wildman–Crippen LogP) is 3.87. The van der Waals surface area contributed by atoms with Crippen LogP contribution in [0.1, 0.15) is 17.7 Å². The molecule has 2 aromatic rings. The van der Waals surface area contributed by atoms with Gasteiger partial charge in [-0.2, -0.15) is 0 Å². The van der Waals surface area contributed by atoms with E-state index in [-0.39, 0.29) is 5.91 Å². The zero-order valence-electron chi connectivity index (χ0n) is 13.8. The molecule has 0 spiro atoms. The van der Waals surface area contributed by atoms with Crippen molar-refractivity contribution in [2.75, 3.05) is 25.5 Å². The number of ether oxygens (including phenoxy) is 1. The van der Waals surface area contributed by atoms with Crippen molar-refractivity contribution in [2.45, 2.75) is 18.9 Å². The van der Waals surface area contributed by atoms with Crippen LogP contribution in [0.15, 0.2) is 47.9 Å². The molecule has 1 fully saturated rings. The molecule has 1 N–H and O–H groups in total. The topological polar surface area (TPSA) is 41.6 Å². The summed E-state index contributed by atoms with van der Waals surface area (Å²) in [5, 5.41) is 5.55. The molecule has 1 aliphatic rings. The zero-order chi connectivity index (χ0) is 16.8. The number of piperidine rings is 1. The maximum Gasteiger partial charge on any atom is 0.246 e. The van der Waals surface area contributed by atoms with Gasteiger partial charge >= 0.3 is 0 Å². The second-order valence-corrected chi connectivity index (χ2v) is 6.80. The number of carbonyl (C=O) groups is 1. The molecule has 0 radical (unpaired) electrons. The summed E-state index contributed by atoms with van der Waals surface area (Å²) < 4.78 is 5.25. The van der Waals surface area contributed by atoms with Gasteiger partial charge in [0.05, 0.1) is 7.11 Å². The Bertz CT molecular complexity index is 689. The lowest BCUT2D eigenvalue weighted by Crippen LogP contribution is -2.41. The average Bonchev–Trinajstić information content (AvgIpc) is 3.14. The molecule has 2 heterocycles. The Balaban J connectivity index is 1.49. The maximum atomic E-state index is 12.2. The van der Waals surface area contributed by atoms with Crippen molar-refractivity contribution in [1.29, 1.82) is 0 Å². The Morgan fingerprint density at radius 3 is 2.83 bits per heavy atom. The molecule has 0 unspecified atom stereocenters. The summed E-state index contributed by atoms with van der Waals surface area (Å²) in [6, 6.07) is 12.4. The monoisotopic (exact) mass is 342 g/mol. The number of rotatable bonds is 5. The number of benzene rings is 1. The van der Waals surface area contributed by atoms with Crippen molar-refractivity contribution in [3.63, 3.8) is 0 Å². The summed E-state index contributed by atoms with van der Waals surface area (Å²) in [5.74, 6) is 0.953. The molecule has 0 bridgehead atoms. The third-order valence-electron chi connectivity index (χ3n) is 4.18. The van der Waals surface area contributed by atoms with Crippen molar-refractivity contribution in [3.05, 3.63) is 52.7 Å². The molecule has 5 heteroatoms. The van der Waals surface area contributed by atoms with Gasteiger partial charge in [-0.25, -0.2) is 0 Å². The quantitative estimate of drug-likeness (QED) is 0.839. The van der Waals surface area contributed by atoms with E-state index >= 15 is 0 Å². The Hall–Kier alpha value is -2.27. The van der Waals surface area contributed by atoms with Gasteiger partial charge in [-0.3, -0.25) is 4.79 Å². The number of nitrogens with zero attached hydrogens (tertiary/aromatic N) is 1. The fourth-order valence-electron chi connectivity index (χ4n) is 2.84. The van der Waals surface area contributed by atoms with Gasteiger partial charge in [0.1, 0.15) is 5.75 Å². The van der Waals surface area contributed by atoms with Gasteiger partial charge in [0.25, 0.3) is 0 Å². The second-order valence-electron chi connectivity index (χ2n) is 5.82. The molecule has 4 nitrogen and oxygen atoms in total. The minimum Gasteiger partial charge on any atom is -0.497 e. The number of thiophene rings is 1. The van der Waals surface area contributed by atoms with Crippen LogP contribution < -0.4 is 10.1 Å². The van der Waals surface area contributed by atoms with E-state index in [0.717, 1.165) is 42.2 Å². The number of hydrogen-bond acceptors (Lipinski definition) is 4. The lowest BCUT2D eigenvalue weighted by atomic mass is 10.0. The first-order valence-corrected chi connectivity index (χ1v) is 9.03. The van der Waals surface area contributed by atoms with E-state index in [2.05, 4.69) is 5.32 Å². The summed E-state index contributed by atoms with van der Waals surface area (Å²) >= 11 is 1.64. The van der Waals surface area contributed by atoms with Crippen molar-refractivity contribution < 1.29 is 9.53 Å². The van der Waals surface area contributed by atoms with Crippen LogP contribution in [0, 0.1) is 0 Å².